The van der Waals surface area contributed by atoms with Gasteiger partial charge in [0, 0.05) is 56.5 Å². The Hall–Kier alpha value is -1.92. The number of carbonyl (C=O) groups is 2. The van der Waals surface area contributed by atoms with Gasteiger partial charge in [0.15, 0.2) is 0 Å². The molecule has 1 aromatic carbocycles. The first-order valence-electron chi connectivity index (χ1n) is 9.97. The molecule has 2 fully saturated rings. The predicted molar refractivity (Wildman–Crippen MR) is 103 cm³/mol. The van der Waals surface area contributed by atoms with Crippen LogP contribution in [-0.2, 0) is 19.1 Å². The summed E-state index contributed by atoms with van der Waals surface area (Å²) in [5.41, 5.74) is 0.876. The molecule has 1 atom stereocenters. The van der Waals surface area contributed by atoms with Crippen LogP contribution in [0.2, 0.25) is 0 Å². The Labute approximate surface area is 161 Å². The van der Waals surface area contributed by atoms with Crippen LogP contribution < -0.4 is 10.2 Å². The van der Waals surface area contributed by atoms with Crippen molar-refractivity contribution in [3.05, 3.63) is 30.3 Å². The molecule has 148 valence electrons. The van der Waals surface area contributed by atoms with Gasteiger partial charge >= 0.3 is 0 Å². The highest BCUT2D eigenvalue weighted by molar-refractivity contribution is 5.95. The van der Waals surface area contributed by atoms with Gasteiger partial charge in [-0.2, -0.15) is 0 Å². The third-order valence-corrected chi connectivity index (χ3v) is 5.34. The Morgan fingerprint density at radius 2 is 1.56 bits per heavy atom. The van der Waals surface area contributed by atoms with E-state index in [9.17, 15) is 9.59 Å². The molecule has 2 heterocycles. The predicted octanol–water partition coefficient (Wildman–Crippen LogP) is 2.38. The lowest BCUT2D eigenvalue weighted by molar-refractivity contribution is -0.129. The third-order valence-electron chi connectivity index (χ3n) is 5.34. The monoisotopic (exact) mass is 374 g/mol. The SMILES string of the molecule is CC(CN(C(=O)C1CCOCC1)c1ccccc1)NC(=O)C1CCOCC1. The highest BCUT2D eigenvalue weighted by Gasteiger charge is 2.29. The normalized spacial score (nSPS) is 20.0. The van der Waals surface area contributed by atoms with Crippen molar-refractivity contribution in [2.45, 2.75) is 38.6 Å². The number of hydrogen-bond donors (Lipinski definition) is 1. The van der Waals surface area contributed by atoms with Gasteiger partial charge in [-0.25, -0.2) is 0 Å². The van der Waals surface area contributed by atoms with Crippen LogP contribution in [0.3, 0.4) is 0 Å². The largest absolute Gasteiger partial charge is 0.381 e. The molecule has 3 rings (SSSR count). The van der Waals surface area contributed by atoms with Crippen molar-refractivity contribution in [2.75, 3.05) is 37.9 Å². The fraction of sp³-hybridized carbons (Fsp3) is 0.619. The molecule has 6 heteroatoms. The molecule has 0 radical (unpaired) electrons. The van der Waals surface area contributed by atoms with Crippen LogP contribution in [0, 0.1) is 11.8 Å². The molecule has 2 aliphatic rings. The second-order valence-electron chi connectivity index (χ2n) is 7.47. The summed E-state index contributed by atoms with van der Waals surface area (Å²) in [6.07, 6.45) is 3.04. The van der Waals surface area contributed by atoms with Gasteiger partial charge in [-0.05, 0) is 44.7 Å². The van der Waals surface area contributed by atoms with E-state index >= 15 is 0 Å². The second kappa shape index (κ2) is 9.85. The summed E-state index contributed by atoms with van der Waals surface area (Å²) in [5.74, 6) is 0.184. The lowest BCUT2D eigenvalue weighted by Crippen LogP contribution is -2.48. The van der Waals surface area contributed by atoms with E-state index in [0.29, 0.717) is 33.0 Å². The maximum absolute atomic E-state index is 13.2. The number of carbonyl (C=O) groups excluding carboxylic acids is 2. The zero-order valence-corrected chi connectivity index (χ0v) is 16.1. The maximum Gasteiger partial charge on any atom is 0.230 e. The summed E-state index contributed by atoms with van der Waals surface area (Å²) >= 11 is 0. The Balaban J connectivity index is 1.65. The molecule has 2 saturated heterocycles. The van der Waals surface area contributed by atoms with Crippen molar-refractivity contribution in [3.8, 4) is 0 Å². The van der Waals surface area contributed by atoms with Crippen molar-refractivity contribution < 1.29 is 19.1 Å². The lowest BCUT2D eigenvalue weighted by atomic mass is 9.97. The average molecular weight is 374 g/mol. The molecule has 1 N–H and O–H groups in total. The number of nitrogens with zero attached hydrogens (tertiary/aromatic N) is 1. The van der Waals surface area contributed by atoms with Crippen molar-refractivity contribution >= 4 is 17.5 Å². The van der Waals surface area contributed by atoms with Crippen LogP contribution >= 0.6 is 0 Å². The van der Waals surface area contributed by atoms with Gasteiger partial charge < -0.3 is 19.7 Å². The third kappa shape index (κ3) is 5.53. The molecule has 6 nitrogen and oxygen atoms in total. The fourth-order valence-electron chi connectivity index (χ4n) is 3.74. The smallest absolute Gasteiger partial charge is 0.230 e. The average Bonchev–Trinajstić information content (AvgIpc) is 2.73. The van der Waals surface area contributed by atoms with Gasteiger partial charge in [0.05, 0.1) is 0 Å². The lowest BCUT2D eigenvalue weighted by Gasteiger charge is -2.32. The zero-order chi connectivity index (χ0) is 19.1. The number of amides is 2. The molecular formula is C21H30N2O4. The maximum atomic E-state index is 13.2. The van der Waals surface area contributed by atoms with Crippen molar-refractivity contribution in [1.82, 2.24) is 5.32 Å². The highest BCUT2D eigenvalue weighted by Crippen LogP contribution is 2.23. The Morgan fingerprint density at radius 3 is 2.15 bits per heavy atom. The molecule has 1 unspecified atom stereocenters. The van der Waals surface area contributed by atoms with Gasteiger partial charge in [-0.3, -0.25) is 9.59 Å². The summed E-state index contributed by atoms with van der Waals surface area (Å²) in [6, 6.07) is 9.59. The Bertz CT molecular complexity index is 610. The quantitative estimate of drug-likeness (QED) is 0.830. The first-order chi connectivity index (χ1) is 13.1. The minimum absolute atomic E-state index is 0.0116. The van der Waals surface area contributed by atoms with Crippen molar-refractivity contribution in [1.29, 1.82) is 0 Å². The Morgan fingerprint density at radius 1 is 1.00 bits per heavy atom. The van der Waals surface area contributed by atoms with E-state index in [-0.39, 0.29) is 29.7 Å². The van der Waals surface area contributed by atoms with E-state index in [1.807, 2.05) is 42.2 Å². The number of nitrogens with one attached hydrogen (secondary N) is 1. The summed E-state index contributed by atoms with van der Waals surface area (Å²) in [4.78, 5) is 27.5. The number of para-hydroxylation sites is 1. The van der Waals surface area contributed by atoms with Gasteiger partial charge in [-0.1, -0.05) is 18.2 Å². The first kappa shape index (κ1) is 19.8. The number of benzene rings is 1. The van der Waals surface area contributed by atoms with Crippen LogP contribution in [0.5, 0.6) is 0 Å². The standard InChI is InChI=1S/C21H30N2O4/c1-16(22-20(24)17-7-11-26-12-8-17)15-23(19-5-3-2-4-6-19)21(25)18-9-13-27-14-10-18/h2-6,16-18H,7-15H2,1H3,(H,22,24). The number of ether oxygens (including phenoxy) is 2. The topological polar surface area (TPSA) is 67.9 Å². The van der Waals surface area contributed by atoms with Crippen molar-refractivity contribution in [3.63, 3.8) is 0 Å². The first-order valence-corrected chi connectivity index (χ1v) is 9.97. The molecule has 2 amide bonds. The van der Waals surface area contributed by atoms with Crippen LogP contribution in [0.4, 0.5) is 5.69 Å². The van der Waals surface area contributed by atoms with Gasteiger partial charge in [0.25, 0.3) is 0 Å². The minimum Gasteiger partial charge on any atom is -0.381 e. The van der Waals surface area contributed by atoms with Crippen LogP contribution in [0.1, 0.15) is 32.6 Å². The summed E-state index contributed by atoms with van der Waals surface area (Å²) in [7, 11) is 0. The van der Waals surface area contributed by atoms with E-state index in [0.717, 1.165) is 31.4 Å². The second-order valence-corrected chi connectivity index (χ2v) is 7.47. The van der Waals surface area contributed by atoms with Crippen LogP contribution in [-0.4, -0.2) is 50.8 Å². The van der Waals surface area contributed by atoms with E-state index in [1.54, 1.807) is 0 Å². The van der Waals surface area contributed by atoms with E-state index in [2.05, 4.69) is 5.32 Å². The van der Waals surface area contributed by atoms with Gasteiger partial charge in [-0.15, -0.1) is 0 Å². The minimum atomic E-state index is -0.121. The fourth-order valence-corrected chi connectivity index (χ4v) is 3.74. The van der Waals surface area contributed by atoms with Gasteiger partial charge in [0.2, 0.25) is 11.8 Å². The van der Waals surface area contributed by atoms with Gasteiger partial charge in [0.1, 0.15) is 0 Å². The Kier molecular flexibility index (Phi) is 7.24. The number of rotatable bonds is 6. The molecule has 2 aliphatic heterocycles. The van der Waals surface area contributed by atoms with E-state index in [1.165, 1.54) is 0 Å². The zero-order valence-electron chi connectivity index (χ0n) is 16.1. The summed E-state index contributed by atoms with van der Waals surface area (Å²) in [5, 5.41) is 3.09. The van der Waals surface area contributed by atoms with Crippen LogP contribution in [0.25, 0.3) is 0 Å². The molecule has 0 saturated carbocycles. The number of hydrogen-bond acceptors (Lipinski definition) is 4. The van der Waals surface area contributed by atoms with E-state index in [4.69, 9.17) is 9.47 Å². The highest BCUT2D eigenvalue weighted by atomic mass is 16.5. The number of anilines is 1. The molecule has 0 aromatic heterocycles. The molecular weight excluding hydrogens is 344 g/mol. The summed E-state index contributed by atoms with van der Waals surface area (Å²) < 4.78 is 10.7. The van der Waals surface area contributed by atoms with Crippen molar-refractivity contribution in [2.24, 2.45) is 11.8 Å². The molecule has 1 aromatic rings. The molecule has 0 spiro atoms. The molecule has 27 heavy (non-hydrogen) atoms. The summed E-state index contributed by atoms with van der Waals surface area (Å²) in [6.45, 7) is 4.99. The van der Waals surface area contributed by atoms with Crippen LogP contribution in [0.15, 0.2) is 30.3 Å². The molecule has 0 aliphatic carbocycles. The molecule has 0 bridgehead atoms. The van der Waals surface area contributed by atoms with E-state index < -0.39 is 0 Å².